The van der Waals surface area contributed by atoms with Crippen LogP contribution in [0.3, 0.4) is 0 Å². The number of furan rings is 1. The molecule has 3 aromatic rings. The zero-order valence-electron chi connectivity index (χ0n) is 16.6. The van der Waals surface area contributed by atoms with Gasteiger partial charge in [0, 0.05) is 0 Å². The Labute approximate surface area is 200 Å². The average molecular weight is 578 g/mol. The summed E-state index contributed by atoms with van der Waals surface area (Å²) in [4.78, 5) is 0. The SMILES string of the molecule is C1=Cc2cc3ccc(cc4ccc(cc5[o+]c(cc1[o+]2)C=C5)[se]4)o3.[O-][Cl+3]([O-])([O-])[O-].[O-][Cl+3]([O-])([O-])[O-]. The molecule has 178 valence electrons. The van der Waals surface area contributed by atoms with Gasteiger partial charge in [0.05, 0.1) is 0 Å². The van der Waals surface area contributed by atoms with Crippen molar-refractivity contribution in [3.63, 3.8) is 0 Å². The van der Waals surface area contributed by atoms with Crippen molar-refractivity contribution >= 4 is 58.5 Å². The van der Waals surface area contributed by atoms with E-state index in [-0.39, 0.29) is 14.5 Å². The molecule has 0 atom stereocenters. The first kappa shape index (κ1) is 26.2. The second-order valence-electron chi connectivity index (χ2n) is 6.29. The van der Waals surface area contributed by atoms with Crippen LogP contribution in [0.15, 0.2) is 61.8 Å². The number of fused-ring (bicyclic) bond motifs is 8. The summed E-state index contributed by atoms with van der Waals surface area (Å²) in [5.74, 6) is 3.14. The van der Waals surface area contributed by atoms with Crippen molar-refractivity contribution in [1.82, 2.24) is 0 Å². The Bertz CT molecular complexity index is 1250. The van der Waals surface area contributed by atoms with Gasteiger partial charge in [-0.25, -0.2) is 37.3 Å². The first-order chi connectivity index (χ1) is 15.8. The zero-order chi connectivity index (χ0) is 24.9. The van der Waals surface area contributed by atoms with Gasteiger partial charge in [0.1, 0.15) is 0 Å². The summed E-state index contributed by atoms with van der Waals surface area (Å²) >= 11 is 0.262. The summed E-state index contributed by atoms with van der Waals surface area (Å²) in [6, 6.07) is 16.2. The molecule has 0 aliphatic carbocycles. The number of halogens is 2. The van der Waals surface area contributed by atoms with Crippen LogP contribution < -0.4 is 37.3 Å². The van der Waals surface area contributed by atoms with Crippen molar-refractivity contribution in [2.75, 3.05) is 0 Å². The minimum Gasteiger partial charge on any atom is -0.222 e. The second-order valence-corrected chi connectivity index (χ2v) is 10.2. The molecule has 2 aliphatic rings. The molecular formula is C20H12Cl2O11Se. The molecule has 0 radical (unpaired) electrons. The molecule has 0 aromatic carbocycles. The number of hydrogen-bond acceptors (Lipinski definition) is 9. The van der Waals surface area contributed by atoms with E-state index in [1.165, 1.54) is 8.52 Å². The fourth-order valence-corrected chi connectivity index (χ4v) is 4.53. The predicted octanol–water partition coefficient (Wildman–Crippen LogP) is -3.90. The van der Waals surface area contributed by atoms with Crippen LogP contribution in [-0.2, 0) is 0 Å². The van der Waals surface area contributed by atoms with E-state index < -0.39 is 20.5 Å². The van der Waals surface area contributed by atoms with E-state index in [4.69, 9.17) is 50.5 Å². The fraction of sp³-hybridized carbons (Fsp3) is 0. The normalized spacial score (nSPS) is 12.5. The predicted molar refractivity (Wildman–Crippen MR) is 97.1 cm³/mol. The molecule has 0 amide bonds. The summed E-state index contributed by atoms with van der Waals surface area (Å²) < 4.78 is 88.0. The first-order valence-electron chi connectivity index (χ1n) is 8.82. The van der Waals surface area contributed by atoms with E-state index in [0.717, 1.165) is 34.2 Å². The summed E-state index contributed by atoms with van der Waals surface area (Å²) in [7, 11) is -9.89. The summed E-state index contributed by atoms with van der Waals surface area (Å²) in [6.07, 6.45) is 7.78. The van der Waals surface area contributed by atoms with Crippen LogP contribution in [0.5, 0.6) is 0 Å². The van der Waals surface area contributed by atoms with Gasteiger partial charge in [-0.05, 0) is 0 Å². The molecule has 5 heterocycles. The summed E-state index contributed by atoms with van der Waals surface area (Å²) in [5.41, 5.74) is 1.63. The van der Waals surface area contributed by atoms with Gasteiger partial charge in [-0.1, -0.05) is 0 Å². The quantitative estimate of drug-likeness (QED) is 0.128. The standard InChI is InChI=1S/C20H12O3Se.2ClHO4/c1-2-14-10-16-4-6-18(23-16)12-20-8-7-19(24-20)11-17-5-3-15(22-17)9-13(1)21-14;2*2-1(3,4)5/h1-12H;2*(H,2,3,4,5)/q+2;;/p-2. The van der Waals surface area contributed by atoms with Gasteiger partial charge in [-0.2, -0.15) is 0 Å². The maximum Gasteiger partial charge on any atom is -0.112 e. The van der Waals surface area contributed by atoms with E-state index >= 15 is 0 Å². The van der Waals surface area contributed by atoms with Crippen molar-refractivity contribution in [2.45, 2.75) is 0 Å². The molecule has 5 rings (SSSR count). The van der Waals surface area contributed by atoms with E-state index in [1.807, 2.05) is 48.6 Å². The van der Waals surface area contributed by atoms with Gasteiger partial charge in [0.2, 0.25) is 0 Å². The van der Waals surface area contributed by atoms with E-state index in [1.54, 1.807) is 0 Å². The van der Waals surface area contributed by atoms with Crippen molar-refractivity contribution < 1.29 is 71.0 Å². The minimum absolute atomic E-state index is 0.262. The third kappa shape index (κ3) is 9.83. The zero-order valence-corrected chi connectivity index (χ0v) is 19.8. The van der Waals surface area contributed by atoms with Gasteiger partial charge < -0.3 is 0 Å². The molecule has 3 aromatic heterocycles. The number of rotatable bonds is 0. The van der Waals surface area contributed by atoms with Crippen molar-refractivity contribution in [3.8, 4) is 0 Å². The molecule has 0 fully saturated rings. The summed E-state index contributed by atoms with van der Waals surface area (Å²) in [6.45, 7) is 0. The third-order valence-corrected chi connectivity index (χ3v) is 5.78. The van der Waals surface area contributed by atoms with Crippen LogP contribution in [0.25, 0.3) is 44.0 Å². The van der Waals surface area contributed by atoms with Crippen LogP contribution >= 0.6 is 0 Å². The van der Waals surface area contributed by atoms with Gasteiger partial charge in [-0.15, -0.1) is 20.5 Å². The van der Waals surface area contributed by atoms with Crippen molar-refractivity contribution in [2.24, 2.45) is 0 Å². The molecule has 11 nitrogen and oxygen atoms in total. The Morgan fingerprint density at radius 1 is 0.529 bits per heavy atom. The molecular weight excluding hydrogens is 566 g/mol. The maximum absolute atomic E-state index is 8.49. The fourth-order valence-electron chi connectivity index (χ4n) is 2.66. The molecule has 34 heavy (non-hydrogen) atoms. The Kier molecular flexibility index (Phi) is 8.38. The first-order valence-corrected chi connectivity index (χ1v) is 13.0. The smallest absolute Gasteiger partial charge is 0.112 e. The molecule has 14 heteroatoms. The number of hydrogen-bond donors (Lipinski definition) is 0. The molecule has 8 bridgehead atoms. The topological polar surface area (TPSA) is 220 Å². The van der Waals surface area contributed by atoms with Crippen LogP contribution in [0.2, 0.25) is 0 Å². The molecule has 2 aliphatic heterocycles. The van der Waals surface area contributed by atoms with Crippen LogP contribution in [0.1, 0.15) is 23.0 Å². The molecule has 0 spiro atoms. The van der Waals surface area contributed by atoms with Crippen LogP contribution in [-0.4, -0.2) is 14.5 Å². The Hall–Kier alpha value is -2.42. The molecule has 0 N–H and O–H groups in total. The molecule has 0 saturated carbocycles. The average Bonchev–Trinajstić information content (AvgIpc) is 3.44. The van der Waals surface area contributed by atoms with Crippen LogP contribution in [0.4, 0.5) is 0 Å². The maximum atomic E-state index is 8.49. The second kappa shape index (κ2) is 10.9. The van der Waals surface area contributed by atoms with E-state index in [0.29, 0.717) is 0 Å². The van der Waals surface area contributed by atoms with Crippen molar-refractivity contribution in [3.05, 3.63) is 71.6 Å². The van der Waals surface area contributed by atoms with E-state index in [2.05, 4.69) is 24.3 Å². The van der Waals surface area contributed by atoms with Gasteiger partial charge in [0.15, 0.2) is 0 Å². The Morgan fingerprint density at radius 2 is 0.912 bits per heavy atom. The van der Waals surface area contributed by atoms with Crippen LogP contribution in [0, 0.1) is 20.5 Å². The van der Waals surface area contributed by atoms with E-state index in [9.17, 15) is 0 Å². The Morgan fingerprint density at radius 3 is 1.41 bits per heavy atom. The minimum atomic E-state index is -4.94. The Balaban J connectivity index is 0.000000277. The van der Waals surface area contributed by atoms with Gasteiger partial charge >= 0.3 is 143 Å². The third-order valence-electron chi connectivity index (χ3n) is 3.73. The monoisotopic (exact) mass is 578 g/mol. The van der Waals surface area contributed by atoms with Gasteiger partial charge in [0.25, 0.3) is 0 Å². The van der Waals surface area contributed by atoms with Crippen molar-refractivity contribution in [1.29, 1.82) is 0 Å². The van der Waals surface area contributed by atoms with Gasteiger partial charge in [-0.3, -0.25) is 0 Å². The molecule has 0 saturated heterocycles. The summed E-state index contributed by atoms with van der Waals surface area (Å²) in [5, 5.41) is 0. The largest absolute Gasteiger partial charge is 0.222 e. The molecule has 0 unspecified atom stereocenters.